The number of esters is 1. The van der Waals surface area contributed by atoms with Crippen molar-refractivity contribution in [3.63, 3.8) is 0 Å². The number of rotatable bonds is 51. The number of nitrogens with one attached hydrogen (secondary N) is 1. The van der Waals surface area contributed by atoms with Crippen molar-refractivity contribution in [1.29, 1.82) is 0 Å². The fourth-order valence-electron chi connectivity index (χ4n) is 8.39. The highest BCUT2D eigenvalue weighted by Crippen LogP contribution is 2.16. The fourth-order valence-corrected chi connectivity index (χ4v) is 8.39. The van der Waals surface area contributed by atoms with Gasteiger partial charge < -0.3 is 20.3 Å². The van der Waals surface area contributed by atoms with Gasteiger partial charge in [0.25, 0.3) is 0 Å². The first-order chi connectivity index (χ1) is 31.0. The van der Waals surface area contributed by atoms with Gasteiger partial charge in [-0.2, -0.15) is 0 Å². The zero-order chi connectivity index (χ0) is 45.8. The van der Waals surface area contributed by atoms with Crippen molar-refractivity contribution in [1.82, 2.24) is 5.32 Å². The van der Waals surface area contributed by atoms with Crippen LogP contribution in [-0.2, 0) is 14.3 Å². The summed E-state index contributed by atoms with van der Waals surface area (Å²) in [7, 11) is 0. The molecule has 370 valence electrons. The van der Waals surface area contributed by atoms with E-state index in [4.69, 9.17) is 4.74 Å². The van der Waals surface area contributed by atoms with Gasteiger partial charge in [0, 0.05) is 12.8 Å². The number of allylic oxidation sites excluding steroid dienone is 5. The van der Waals surface area contributed by atoms with E-state index < -0.39 is 12.1 Å². The molecule has 0 rings (SSSR count). The average molecular weight is 886 g/mol. The van der Waals surface area contributed by atoms with Crippen molar-refractivity contribution >= 4 is 11.9 Å². The van der Waals surface area contributed by atoms with Crippen LogP contribution in [0.1, 0.15) is 290 Å². The molecule has 2 atom stereocenters. The maximum absolute atomic E-state index is 12.5. The minimum absolute atomic E-state index is 0.0223. The van der Waals surface area contributed by atoms with Crippen LogP contribution in [0, 0.1) is 0 Å². The number of unbranched alkanes of at least 4 members (excludes halogenated alkanes) is 37. The molecule has 63 heavy (non-hydrogen) atoms. The number of hydrogen-bond donors (Lipinski definition) is 3. The van der Waals surface area contributed by atoms with E-state index in [0.717, 1.165) is 77.0 Å². The van der Waals surface area contributed by atoms with E-state index in [-0.39, 0.29) is 18.5 Å². The van der Waals surface area contributed by atoms with Crippen molar-refractivity contribution in [3.8, 4) is 0 Å². The second-order valence-corrected chi connectivity index (χ2v) is 18.9. The van der Waals surface area contributed by atoms with Crippen LogP contribution >= 0.6 is 0 Å². The van der Waals surface area contributed by atoms with Gasteiger partial charge in [-0.25, -0.2) is 0 Å². The van der Waals surface area contributed by atoms with E-state index in [2.05, 4.69) is 43.5 Å². The Kier molecular flexibility index (Phi) is 51.1. The summed E-state index contributed by atoms with van der Waals surface area (Å²) < 4.78 is 5.43. The largest absolute Gasteiger partial charge is 0.466 e. The first kappa shape index (κ1) is 61.1. The molecule has 0 saturated heterocycles. The van der Waals surface area contributed by atoms with Gasteiger partial charge in [0.1, 0.15) is 0 Å². The van der Waals surface area contributed by atoms with E-state index in [1.807, 2.05) is 6.08 Å². The smallest absolute Gasteiger partial charge is 0.305 e. The molecule has 0 spiro atoms. The Morgan fingerprint density at radius 3 is 1.17 bits per heavy atom. The van der Waals surface area contributed by atoms with Crippen LogP contribution in [-0.4, -0.2) is 47.4 Å². The molecule has 0 heterocycles. The van der Waals surface area contributed by atoms with Gasteiger partial charge in [0.15, 0.2) is 0 Å². The zero-order valence-electron chi connectivity index (χ0n) is 42.1. The second-order valence-electron chi connectivity index (χ2n) is 18.9. The molecule has 0 fully saturated rings. The maximum Gasteiger partial charge on any atom is 0.305 e. The number of ether oxygens (including phenoxy) is 1. The summed E-state index contributed by atoms with van der Waals surface area (Å²) in [6.45, 7) is 4.85. The summed E-state index contributed by atoms with van der Waals surface area (Å²) in [4.78, 5) is 24.4. The van der Waals surface area contributed by atoms with Crippen LogP contribution in [0.2, 0.25) is 0 Å². The number of amides is 1. The summed E-state index contributed by atoms with van der Waals surface area (Å²) in [5.41, 5.74) is 0. The third kappa shape index (κ3) is 49.4. The Morgan fingerprint density at radius 2 is 0.778 bits per heavy atom. The minimum atomic E-state index is -0.859. The lowest BCUT2D eigenvalue weighted by Gasteiger charge is -2.20. The normalized spacial score (nSPS) is 12.9. The third-order valence-electron chi connectivity index (χ3n) is 12.7. The van der Waals surface area contributed by atoms with Crippen LogP contribution < -0.4 is 5.32 Å². The number of carbonyl (C=O) groups is 2. The number of hydrogen-bond acceptors (Lipinski definition) is 5. The molecule has 0 aromatic carbocycles. The van der Waals surface area contributed by atoms with Crippen LogP contribution in [0.15, 0.2) is 36.5 Å². The lowest BCUT2D eigenvalue weighted by molar-refractivity contribution is -0.143. The van der Waals surface area contributed by atoms with Gasteiger partial charge >= 0.3 is 5.97 Å². The van der Waals surface area contributed by atoms with Crippen LogP contribution in [0.3, 0.4) is 0 Å². The van der Waals surface area contributed by atoms with Crippen LogP contribution in [0.5, 0.6) is 0 Å². The Labute approximate surface area is 392 Å². The molecular weight excluding hydrogens is 779 g/mol. The Balaban J connectivity index is 3.56. The molecule has 1 amide bonds. The molecule has 6 nitrogen and oxygen atoms in total. The monoisotopic (exact) mass is 886 g/mol. The molecule has 6 heteroatoms. The zero-order valence-corrected chi connectivity index (χ0v) is 42.1. The van der Waals surface area contributed by atoms with Crippen molar-refractivity contribution in [2.24, 2.45) is 0 Å². The van der Waals surface area contributed by atoms with Crippen LogP contribution in [0.25, 0.3) is 0 Å². The Bertz CT molecular complexity index is 1020. The molecule has 0 aliphatic carbocycles. The number of aliphatic hydroxyl groups is 2. The predicted octanol–water partition coefficient (Wildman–Crippen LogP) is 16.9. The first-order valence-electron chi connectivity index (χ1n) is 27.8. The third-order valence-corrected chi connectivity index (χ3v) is 12.7. The number of aliphatic hydroxyl groups excluding tert-OH is 2. The SMILES string of the molecule is CCCCCCCCCCCCCCCCCCC/C=C/C(O)C(CO)NC(=O)CCCCCCCC/C=C\C=C/CCCCCOC(=O)CCCCCCCCCCCCCC. The van der Waals surface area contributed by atoms with Gasteiger partial charge in [0.05, 0.1) is 25.4 Å². The molecule has 0 aromatic heterocycles. The summed E-state index contributed by atoms with van der Waals surface area (Å²) in [6.07, 6.45) is 64.4. The highest BCUT2D eigenvalue weighted by molar-refractivity contribution is 5.76. The fraction of sp³-hybridized carbons (Fsp3) is 0.860. The Hall–Kier alpha value is -1.92. The topological polar surface area (TPSA) is 95.9 Å². The van der Waals surface area contributed by atoms with Crippen molar-refractivity contribution in [3.05, 3.63) is 36.5 Å². The van der Waals surface area contributed by atoms with Gasteiger partial charge in [-0.3, -0.25) is 9.59 Å². The first-order valence-corrected chi connectivity index (χ1v) is 27.8. The highest BCUT2D eigenvalue weighted by Gasteiger charge is 2.18. The molecule has 0 aliphatic heterocycles. The predicted molar refractivity (Wildman–Crippen MR) is 273 cm³/mol. The lowest BCUT2D eigenvalue weighted by Crippen LogP contribution is -2.45. The molecule has 3 N–H and O–H groups in total. The summed E-state index contributed by atoms with van der Waals surface area (Å²) in [6, 6.07) is -0.645. The summed E-state index contributed by atoms with van der Waals surface area (Å²) in [5.74, 6) is -0.111. The molecule has 0 radical (unpaired) electrons. The second kappa shape index (κ2) is 52.7. The van der Waals surface area contributed by atoms with E-state index >= 15 is 0 Å². The van der Waals surface area contributed by atoms with Crippen molar-refractivity contribution in [2.75, 3.05) is 13.2 Å². The van der Waals surface area contributed by atoms with E-state index in [1.165, 1.54) is 186 Å². The lowest BCUT2D eigenvalue weighted by atomic mass is 10.0. The quantitative estimate of drug-likeness (QED) is 0.0245. The van der Waals surface area contributed by atoms with Crippen molar-refractivity contribution in [2.45, 2.75) is 302 Å². The summed E-state index contributed by atoms with van der Waals surface area (Å²) >= 11 is 0. The van der Waals surface area contributed by atoms with Gasteiger partial charge in [-0.05, 0) is 64.2 Å². The van der Waals surface area contributed by atoms with Gasteiger partial charge in [0.2, 0.25) is 5.91 Å². The number of carbonyl (C=O) groups excluding carboxylic acids is 2. The van der Waals surface area contributed by atoms with E-state index in [1.54, 1.807) is 6.08 Å². The Morgan fingerprint density at radius 1 is 0.444 bits per heavy atom. The van der Waals surface area contributed by atoms with Gasteiger partial charge in [-0.1, -0.05) is 249 Å². The molecule has 0 aliphatic rings. The molecule has 0 aromatic rings. The van der Waals surface area contributed by atoms with Crippen molar-refractivity contribution < 1.29 is 24.5 Å². The molecular formula is C57H107NO5. The van der Waals surface area contributed by atoms with E-state index in [0.29, 0.717) is 19.4 Å². The minimum Gasteiger partial charge on any atom is -0.466 e. The van der Waals surface area contributed by atoms with E-state index in [9.17, 15) is 19.8 Å². The maximum atomic E-state index is 12.5. The van der Waals surface area contributed by atoms with Gasteiger partial charge in [-0.15, -0.1) is 0 Å². The average Bonchev–Trinajstić information content (AvgIpc) is 3.28. The molecule has 0 bridgehead atoms. The summed E-state index contributed by atoms with van der Waals surface area (Å²) in [5, 5.41) is 23.1. The molecule has 0 saturated carbocycles. The standard InChI is InChI=1S/C57H107NO5/c1-3-5-7-9-11-13-15-17-18-19-20-21-23-26-29-33-37-41-45-49-55(60)54(53-59)58-56(61)50-46-42-38-34-30-27-24-22-25-28-32-36-40-44-48-52-63-57(62)51-47-43-39-35-31-16-14-12-10-8-6-4-2/h22,25,28,32,45,49,54-55,59-60H,3-21,23-24,26-27,29-31,33-44,46-48,50-53H2,1-2H3,(H,58,61)/b25-22-,32-28-,49-45+. The molecule has 2 unspecified atom stereocenters. The highest BCUT2D eigenvalue weighted by atomic mass is 16.5. The van der Waals surface area contributed by atoms with Crippen LogP contribution in [0.4, 0.5) is 0 Å².